The molecule has 0 radical (unpaired) electrons. The largest absolute Gasteiger partial charge is 0.481 e. The fourth-order valence-corrected chi connectivity index (χ4v) is 2.14. The summed E-state index contributed by atoms with van der Waals surface area (Å²) in [6, 6.07) is 3.54. The number of nitrogens with one attached hydrogen (secondary N) is 1. The van der Waals surface area contributed by atoms with Gasteiger partial charge in [0.15, 0.2) is 0 Å². The summed E-state index contributed by atoms with van der Waals surface area (Å²) >= 11 is 1.34. The van der Waals surface area contributed by atoms with Gasteiger partial charge in [-0.3, -0.25) is 4.79 Å². The second kappa shape index (κ2) is 4.24. The summed E-state index contributed by atoms with van der Waals surface area (Å²) in [5.74, 6) is -0.854. The number of hydrogen-bond donors (Lipinski definition) is 3. The Bertz CT molecular complexity index is 362. The number of hydrogen-bond acceptors (Lipinski definition) is 4. The van der Waals surface area contributed by atoms with E-state index in [0.717, 1.165) is 9.88 Å². The second-order valence-electron chi connectivity index (χ2n) is 3.91. The molecule has 1 heterocycles. The highest BCUT2D eigenvalue weighted by molar-refractivity contribution is 7.16. The lowest BCUT2D eigenvalue weighted by molar-refractivity contribution is -0.142. The third-order valence-corrected chi connectivity index (χ3v) is 3.45. The summed E-state index contributed by atoms with van der Waals surface area (Å²) in [7, 11) is -0.635. The first-order valence-electron chi connectivity index (χ1n) is 4.62. The van der Waals surface area contributed by atoms with Crippen LogP contribution >= 0.6 is 11.3 Å². The van der Waals surface area contributed by atoms with Crippen molar-refractivity contribution in [2.75, 3.05) is 5.23 Å². The minimum absolute atomic E-state index is 0.635. The number of carbonyl (C=O) groups is 1. The zero-order chi connectivity index (χ0) is 11.6. The monoisotopic (exact) mass is 227 g/mol. The summed E-state index contributed by atoms with van der Waals surface area (Å²) in [5, 5.41) is 21.7. The quantitative estimate of drug-likeness (QED) is 0.684. The van der Waals surface area contributed by atoms with Crippen LogP contribution in [0.15, 0.2) is 12.1 Å². The van der Waals surface area contributed by atoms with Crippen LogP contribution in [0.25, 0.3) is 0 Å². The van der Waals surface area contributed by atoms with Gasteiger partial charge in [-0.1, -0.05) is 0 Å². The molecule has 0 aliphatic carbocycles. The predicted molar refractivity (Wildman–Crippen MR) is 62.4 cm³/mol. The smallest absolute Gasteiger partial charge is 0.407 e. The van der Waals surface area contributed by atoms with Crippen LogP contribution in [0.1, 0.15) is 18.7 Å². The Hall–Kier alpha value is -1.01. The van der Waals surface area contributed by atoms with Gasteiger partial charge in [-0.25, -0.2) is 0 Å². The molecule has 0 bridgehead atoms. The van der Waals surface area contributed by atoms with E-state index < -0.39 is 18.4 Å². The van der Waals surface area contributed by atoms with Gasteiger partial charge in [0.25, 0.3) is 0 Å². The highest BCUT2D eigenvalue weighted by Crippen LogP contribution is 2.32. The van der Waals surface area contributed by atoms with Gasteiger partial charge in [-0.15, -0.1) is 11.3 Å². The van der Waals surface area contributed by atoms with E-state index in [1.54, 1.807) is 32.8 Å². The van der Waals surface area contributed by atoms with Crippen molar-refractivity contribution < 1.29 is 14.9 Å². The summed E-state index contributed by atoms with van der Waals surface area (Å²) in [6.45, 7) is 4.93. The molecule has 82 valence electrons. The first-order valence-corrected chi connectivity index (χ1v) is 5.44. The van der Waals surface area contributed by atoms with E-state index in [9.17, 15) is 4.79 Å². The van der Waals surface area contributed by atoms with E-state index in [4.69, 9.17) is 10.1 Å². The van der Waals surface area contributed by atoms with Crippen LogP contribution < -0.4 is 5.23 Å². The molecular weight excluding hydrogens is 213 g/mol. The zero-order valence-corrected chi connectivity index (χ0v) is 9.76. The Labute approximate surface area is 93.1 Å². The third kappa shape index (κ3) is 2.73. The van der Waals surface area contributed by atoms with Crippen LogP contribution in [0.4, 0.5) is 5.00 Å². The van der Waals surface area contributed by atoms with E-state index >= 15 is 0 Å². The molecule has 1 aromatic heterocycles. The molecule has 0 atom stereocenters. The minimum Gasteiger partial charge on any atom is -0.481 e. The van der Waals surface area contributed by atoms with Gasteiger partial charge in [0, 0.05) is 4.88 Å². The number of rotatable bonds is 4. The summed E-state index contributed by atoms with van der Waals surface area (Å²) in [6.07, 6.45) is 0. The molecule has 0 saturated heterocycles. The fourth-order valence-electron chi connectivity index (χ4n) is 1.06. The van der Waals surface area contributed by atoms with E-state index in [1.165, 1.54) is 11.3 Å². The van der Waals surface area contributed by atoms with Gasteiger partial charge in [-0.05, 0) is 32.8 Å². The molecule has 0 amide bonds. The lowest BCUT2D eigenvalue weighted by Gasteiger charge is -2.16. The molecule has 3 N–H and O–H groups in total. The molecule has 0 fully saturated rings. The molecule has 1 aromatic rings. The second-order valence-corrected chi connectivity index (χ2v) is 5.00. The molecule has 0 aliphatic heterocycles. The lowest BCUT2D eigenvalue weighted by Crippen LogP contribution is -2.27. The molecule has 0 aromatic carbocycles. The van der Waals surface area contributed by atoms with Crippen molar-refractivity contribution in [3.63, 3.8) is 0 Å². The van der Waals surface area contributed by atoms with Crippen LogP contribution in [-0.4, -0.2) is 23.2 Å². The first kappa shape index (κ1) is 12.1. The van der Waals surface area contributed by atoms with Crippen molar-refractivity contribution in [3.05, 3.63) is 17.0 Å². The Kier molecular flexibility index (Phi) is 3.41. The van der Waals surface area contributed by atoms with Gasteiger partial charge in [0.1, 0.15) is 0 Å². The highest BCUT2D eigenvalue weighted by atomic mass is 32.1. The number of carboxylic acids is 1. The van der Waals surface area contributed by atoms with E-state index in [1.807, 2.05) is 0 Å². The average Bonchev–Trinajstić information content (AvgIpc) is 2.51. The van der Waals surface area contributed by atoms with Crippen LogP contribution in [0.3, 0.4) is 0 Å². The Morgan fingerprint density at radius 3 is 2.60 bits per heavy atom. The van der Waals surface area contributed by atoms with Gasteiger partial charge >= 0.3 is 13.0 Å². The van der Waals surface area contributed by atoms with Crippen LogP contribution in [0.2, 0.25) is 6.82 Å². The third-order valence-electron chi connectivity index (χ3n) is 2.11. The normalized spacial score (nSPS) is 11.2. The number of carboxylic acid groups (broad SMARTS) is 1. The van der Waals surface area contributed by atoms with Crippen LogP contribution in [0, 0.1) is 0 Å². The number of anilines is 1. The minimum atomic E-state index is -0.886. The van der Waals surface area contributed by atoms with Gasteiger partial charge in [-0.2, -0.15) is 0 Å². The van der Waals surface area contributed by atoms with Crippen LogP contribution in [0.5, 0.6) is 0 Å². The Morgan fingerprint density at radius 2 is 2.13 bits per heavy atom. The fraction of sp³-hybridized carbons (Fsp3) is 0.444. The Morgan fingerprint density at radius 1 is 1.53 bits per heavy atom. The molecule has 0 aliphatic rings. The van der Waals surface area contributed by atoms with Crippen LogP contribution in [-0.2, 0) is 10.2 Å². The van der Waals surface area contributed by atoms with E-state index in [2.05, 4.69) is 5.23 Å². The van der Waals surface area contributed by atoms with Gasteiger partial charge in [0.05, 0.1) is 10.4 Å². The SMILES string of the molecule is CB(O)Nc1ccc(C(C)(C)C(=O)O)s1. The highest BCUT2D eigenvalue weighted by Gasteiger charge is 2.31. The molecule has 4 nitrogen and oxygen atoms in total. The average molecular weight is 227 g/mol. The molecule has 0 unspecified atom stereocenters. The predicted octanol–water partition coefficient (Wildman–Crippen LogP) is 1.63. The van der Waals surface area contributed by atoms with Crippen molar-refractivity contribution >= 4 is 29.4 Å². The van der Waals surface area contributed by atoms with Gasteiger partial charge < -0.3 is 15.4 Å². The maximum absolute atomic E-state index is 11.0. The summed E-state index contributed by atoms with van der Waals surface area (Å²) < 4.78 is 0. The van der Waals surface area contributed by atoms with E-state index in [-0.39, 0.29) is 0 Å². The van der Waals surface area contributed by atoms with Crippen molar-refractivity contribution in [2.45, 2.75) is 26.1 Å². The van der Waals surface area contributed by atoms with Crippen molar-refractivity contribution in [1.82, 2.24) is 0 Å². The topological polar surface area (TPSA) is 69.6 Å². The molecule has 15 heavy (non-hydrogen) atoms. The first-order chi connectivity index (χ1) is 6.84. The summed E-state index contributed by atoms with van der Waals surface area (Å²) in [4.78, 5) is 11.8. The maximum atomic E-state index is 11.0. The molecule has 0 spiro atoms. The van der Waals surface area contributed by atoms with E-state index in [0.29, 0.717) is 0 Å². The lowest BCUT2D eigenvalue weighted by atomic mass is 9.89. The van der Waals surface area contributed by atoms with Gasteiger partial charge in [0.2, 0.25) is 0 Å². The number of aliphatic carboxylic acids is 1. The van der Waals surface area contributed by atoms with Crippen molar-refractivity contribution in [1.29, 1.82) is 0 Å². The standard InChI is InChI=1S/C9H14BNO3S/c1-9(2,8(12)13)6-4-5-7(15-6)11-10(3)14/h4-5,11,14H,1-3H3,(H,12,13). The summed E-state index contributed by atoms with van der Waals surface area (Å²) in [5.41, 5.74) is -0.886. The van der Waals surface area contributed by atoms with Crippen molar-refractivity contribution in [3.8, 4) is 0 Å². The Balaban J connectivity index is 2.89. The molecule has 6 heteroatoms. The molecule has 0 saturated carbocycles. The number of thiophene rings is 1. The maximum Gasteiger partial charge on any atom is 0.407 e. The molecular formula is C9H14BNO3S. The van der Waals surface area contributed by atoms with Crippen molar-refractivity contribution in [2.24, 2.45) is 0 Å². The zero-order valence-electron chi connectivity index (χ0n) is 8.94. The molecule has 1 rings (SSSR count).